The highest BCUT2D eigenvalue weighted by Crippen LogP contribution is 2.06. The third kappa shape index (κ3) is 5.64. The topological polar surface area (TPSA) is 49.9 Å². The zero-order chi connectivity index (χ0) is 8.85. The van der Waals surface area contributed by atoms with Crippen molar-refractivity contribution in [1.82, 2.24) is 0 Å². The van der Waals surface area contributed by atoms with Gasteiger partial charge in [-0.2, -0.15) is 0 Å². The van der Waals surface area contributed by atoms with Crippen molar-refractivity contribution in [3.05, 3.63) is 11.6 Å². The second kappa shape index (κ2) is 4.94. The van der Waals surface area contributed by atoms with Crippen LogP contribution in [0, 0.1) is 11.3 Å². The molecule has 1 unspecified atom stereocenters. The molecule has 0 heterocycles. The van der Waals surface area contributed by atoms with E-state index in [2.05, 4.69) is 19.9 Å². The smallest absolute Gasteiger partial charge is 0.0934 e. The van der Waals surface area contributed by atoms with Gasteiger partial charge in [0.15, 0.2) is 0 Å². The van der Waals surface area contributed by atoms with Crippen LogP contribution in [-0.2, 0) is 0 Å². The summed E-state index contributed by atoms with van der Waals surface area (Å²) in [4.78, 5) is 0. The van der Waals surface area contributed by atoms with E-state index in [4.69, 9.17) is 11.1 Å². The first kappa shape index (κ1) is 10.2. The Labute approximate surface area is 69.0 Å². The maximum absolute atomic E-state index is 7.14. The minimum absolute atomic E-state index is 0.227. The van der Waals surface area contributed by atoms with Crippen molar-refractivity contribution in [2.75, 3.05) is 0 Å². The second-order valence-electron chi connectivity index (χ2n) is 3.22. The Kier molecular flexibility index (Phi) is 4.59. The Morgan fingerprint density at radius 3 is 2.45 bits per heavy atom. The molecule has 0 aliphatic rings. The standard InChI is InChI=1S/C9H18N2/c1-7(2)5-4-6-8(3)9(10)11/h5,8H,4,6H2,1-3H3,(H3,10,11). The van der Waals surface area contributed by atoms with E-state index >= 15 is 0 Å². The molecule has 0 aromatic carbocycles. The number of hydrogen-bond acceptors (Lipinski definition) is 1. The van der Waals surface area contributed by atoms with Gasteiger partial charge in [-0.1, -0.05) is 18.6 Å². The molecule has 0 aliphatic carbocycles. The van der Waals surface area contributed by atoms with E-state index in [0.717, 1.165) is 12.8 Å². The predicted molar refractivity (Wildman–Crippen MR) is 49.7 cm³/mol. The van der Waals surface area contributed by atoms with Crippen LogP contribution in [0.15, 0.2) is 11.6 Å². The normalized spacial score (nSPS) is 12.3. The molecule has 11 heavy (non-hydrogen) atoms. The number of nitrogens with two attached hydrogens (primary N) is 1. The fourth-order valence-corrected chi connectivity index (χ4v) is 0.778. The molecule has 0 saturated heterocycles. The van der Waals surface area contributed by atoms with E-state index in [9.17, 15) is 0 Å². The maximum atomic E-state index is 7.14. The first-order valence-electron chi connectivity index (χ1n) is 4.01. The van der Waals surface area contributed by atoms with Crippen LogP contribution in [0.3, 0.4) is 0 Å². The predicted octanol–water partition coefficient (Wildman–Crippen LogP) is 2.30. The molecule has 64 valence electrons. The fraction of sp³-hybridized carbons (Fsp3) is 0.667. The van der Waals surface area contributed by atoms with Gasteiger partial charge in [0.2, 0.25) is 0 Å². The highest BCUT2D eigenvalue weighted by atomic mass is 14.7. The molecule has 0 radical (unpaired) electrons. The first-order chi connectivity index (χ1) is 5.04. The van der Waals surface area contributed by atoms with Gasteiger partial charge in [0.1, 0.15) is 0 Å². The van der Waals surface area contributed by atoms with Crippen molar-refractivity contribution < 1.29 is 0 Å². The molecule has 0 saturated carbocycles. The minimum Gasteiger partial charge on any atom is -0.387 e. The molecule has 2 nitrogen and oxygen atoms in total. The lowest BCUT2D eigenvalue weighted by Crippen LogP contribution is -2.19. The molecule has 0 aliphatic heterocycles. The Morgan fingerprint density at radius 2 is 2.09 bits per heavy atom. The van der Waals surface area contributed by atoms with E-state index in [-0.39, 0.29) is 5.92 Å². The van der Waals surface area contributed by atoms with Crippen molar-refractivity contribution in [3.8, 4) is 0 Å². The summed E-state index contributed by atoms with van der Waals surface area (Å²) in [6.45, 7) is 6.15. The SMILES string of the molecule is CC(C)=CCCC(C)C(=N)N. The van der Waals surface area contributed by atoms with Gasteiger partial charge >= 0.3 is 0 Å². The van der Waals surface area contributed by atoms with E-state index in [1.54, 1.807) is 0 Å². The lowest BCUT2D eigenvalue weighted by atomic mass is 10.0. The van der Waals surface area contributed by atoms with Crippen LogP contribution < -0.4 is 5.73 Å². The van der Waals surface area contributed by atoms with Gasteiger partial charge in [0, 0.05) is 5.92 Å². The summed E-state index contributed by atoms with van der Waals surface area (Å²) in [5, 5.41) is 7.14. The minimum atomic E-state index is 0.227. The van der Waals surface area contributed by atoms with Crippen LogP contribution in [0.1, 0.15) is 33.6 Å². The number of amidine groups is 1. The molecule has 0 fully saturated rings. The highest BCUT2D eigenvalue weighted by Gasteiger charge is 2.02. The molecule has 0 amide bonds. The summed E-state index contributed by atoms with van der Waals surface area (Å²) in [6.07, 6.45) is 4.20. The third-order valence-electron chi connectivity index (χ3n) is 1.68. The van der Waals surface area contributed by atoms with Crippen LogP contribution in [0.25, 0.3) is 0 Å². The van der Waals surface area contributed by atoms with Gasteiger partial charge < -0.3 is 5.73 Å². The van der Waals surface area contributed by atoms with Crippen LogP contribution in [-0.4, -0.2) is 5.84 Å². The molecule has 0 rings (SSSR count). The molecule has 0 aromatic rings. The van der Waals surface area contributed by atoms with Crippen molar-refractivity contribution in [3.63, 3.8) is 0 Å². The van der Waals surface area contributed by atoms with Gasteiger partial charge in [0.05, 0.1) is 5.84 Å². The third-order valence-corrected chi connectivity index (χ3v) is 1.68. The Hall–Kier alpha value is -0.790. The summed E-state index contributed by atoms with van der Waals surface area (Å²) >= 11 is 0. The summed E-state index contributed by atoms with van der Waals surface area (Å²) in [5.74, 6) is 0.526. The van der Waals surface area contributed by atoms with Gasteiger partial charge in [-0.25, -0.2) is 0 Å². The summed E-state index contributed by atoms with van der Waals surface area (Å²) in [5.41, 5.74) is 6.65. The number of hydrogen-bond donors (Lipinski definition) is 2. The van der Waals surface area contributed by atoms with Crippen LogP contribution in [0.5, 0.6) is 0 Å². The lowest BCUT2D eigenvalue weighted by Gasteiger charge is -2.06. The molecule has 1 atom stereocenters. The Morgan fingerprint density at radius 1 is 1.55 bits per heavy atom. The van der Waals surface area contributed by atoms with Crippen LogP contribution >= 0.6 is 0 Å². The average molecular weight is 154 g/mol. The molecule has 0 aromatic heterocycles. The van der Waals surface area contributed by atoms with E-state index in [1.165, 1.54) is 5.57 Å². The Bertz CT molecular complexity index is 155. The van der Waals surface area contributed by atoms with E-state index < -0.39 is 0 Å². The quantitative estimate of drug-likeness (QED) is 0.364. The summed E-state index contributed by atoms with van der Waals surface area (Å²) < 4.78 is 0. The number of nitrogens with one attached hydrogen (secondary N) is 1. The van der Waals surface area contributed by atoms with Crippen molar-refractivity contribution >= 4 is 5.84 Å². The summed E-state index contributed by atoms with van der Waals surface area (Å²) in [6, 6.07) is 0. The fourth-order valence-electron chi connectivity index (χ4n) is 0.778. The molecular weight excluding hydrogens is 136 g/mol. The van der Waals surface area contributed by atoms with Gasteiger partial charge in [-0.3, -0.25) is 5.41 Å². The van der Waals surface area contributed by atoms with Gasteiger partial charge in [-0.05, 0) is 26.7 Å². The van der Waals surface area contributed by atoms with E-state index in [0.29, 0.717) is 5.84 Å². The summed E-state index contributed by atoms with van der Waals surface area (Å²) in [7, 11) is 0. The van der Waals surface area contributed by atoms with Crippen molar-refractivity contribution in [2.45, 2.75) is 33.6 Å². The first-order valence-corrected chi connectivity index (χ1v) is 4.01. The second-order valence-corrected chi connectivity index (χ2v) is 3.22. The zero-order valence-corrected chi connectivity index (χ0v) is 7.65. The van der Waals surface area contributed by atoms with Gasteiger partial charge in [-0.15, -0.1) is 0 Å². The zero-order valence-electron chi connectivity index (χ0n) is 7.65. The average Bonchev–Trinajstić information content (AvgIpc) is 1.86. The van der Waals surface area contributed by atoms with Gasteiger partial charge in [0.25, 0.3) is 0 Å². The molecule has 2 heteroatoms. The van der Waals surface area contributed by atoms with Crippen molar-refractivity contribution in [1.29, 1.82) is 5.41 Å². The Balaban J connectivity index is 3.55. The monoisotopic (exact) mass is 154 g/mol. The molecule has 0 bridgehead atoms. The lowest BCUT2D eigenvalue weighted by molar-refractivity contribution is 0.683. The van der Waals surface area contributed by atoms with E-state index in [1.807, 2.05) is 6.92 Å². The highest BCUT2D eigenvalue weighted by molar-refractivity contribution is 5.79. The molecule has 3 N–H and O–H groups in total. The van der Waals surface area contributed by atoms with Crippen molar-refractivity contribution in [2.24, 2.45) is 11.7 Å². The van der Waals surface area contributed by atoms with Crippen LogP contribution in [0.2, 0.25) is 0 Å². The van der Waals surface area contributed by atoms with Crippen LogP contribution in [0.4, 0.5) is 0 Å². The largest absolute Gasteiger partial charge is 0.387 e. The molecule has 0 spiro atoms. The number of allylic oxidation sites excluding steroid dienone is 2. The maximum Gasteiger partial charge on any atom is 0.0934 e. The molecular formula is C9H18N2. The number of rotatable bonds is 4.